The van der Waals surface area contributed by atoms with Crippen LogP contribution < -0.4 is 10.1 Å². The van der Waals surface area contributed by atoms with E-state index in [4.69, 9.17) is 10.1 Å². The number of pyridine rings is 1. The van der Waals surface area contributed by atoms with Gasteiger partial charge in [-0.2, -0.15) is 13.2 Å². The SMILES string of the molecule is COc1cc(C(NC(=O)c2cc(CN3CCSC3=N)cc(-c3cccnc3C(F)(F)F)c2)C2CC2)ccc1F. The van der Waals surface area contributed by atoms with Crippen LogP contribution in [0.3, 0.4) is 0 Å². The van der Waals surface area contributed by atoms with Gasteiger partial charge in [-0.25, -0.2) is 4.39 Å². The molecule has 3 aromatic rings. The summed E-state index contributed by atoms with van der Waals surface area (Å²) in [6.07, 6.45) is -1.82. The van der Waals surface area contributed by atoms with Crippen LogP contribution >= 0.6 is 11.8 Å². The van der Waals surface area contributed by atoms with E-state index in [1.807, 2.05) is 4.90 Å². The molecule has 5 rings (SSSR count). The molecule has 2 aromatic carbocycles. The number of thioether (sulfide) groups is 1. The van der Waals surface area contributed by atoms with Crippen molar-refractivity contribution in [1.29, 1.82) is 5.41 Å². The second-order valence-corrected chi connectivity index (χ2v) is 10.7. The van der Waals surface area contributed by atoms with Gasteiger partial charge in [0.15, 0.2) is 22.4 Å². The molecule has 0 bridgehead atoms. The zero-order valence-corrected chi connectivity index (χ0v) is 21.8. The summed E-state index contributed by atoms with van der Waals surface area (Å²) >= 11 is 1.40. The largest absolute Gasteiger partial charge is 0.494 e. The third-order valence-electron chi connectivity index (χ3n) is 6.82. The standard InChI is InChI=1S/C28H26F4N4O2S/c1-38-23-14-18(6-7-22(23)29)24(17-4-5-17)35-26(37)20-12-16(15-36-9-10-39-27(36)33)11-19(13-20)21-3-2-8-34-25(21)28(30,31)32/h2-3,6-8,11-14,17,24,33H,4-5,9-10,15H2,1H3,(H,35,37). The van der Waals surface area contributed by atoms with Crippen LogP contribution in [0.25, 0.3) is 11.1 Å². The fraction of sp³-hybridized carbons (Fsp3) is 0.321. The number of aromatic nitrogens is 1. The summed E-state index contributed by atoms with van der Waals surface area (Å²) in [4.78, 5) is 19.0. The summed E-state index contributed by atoms with van der Waals surface area (Å²) in [5.41, 5.74) is 0.532. The summed E-state index contributed by atoms with van der Waals surface area (Å²) in [7, 11) is 1.37. The van der Waals surface area contributed by atoms with E-state index < -0.39 is 29.6 Å². The molecule has 204 valence electrons. The van der Waals surface area contributed by atoms with Crippen LogP contribution in [0.5, 0.6) is 5.75 Å². The minimum atomic E-state index is -4.68. The smallest absolute Gasteiger partial charge is 0.433 e. The number of carbonyl (C=O) groups excluding carboxylic acids is 1. The lowest BCUT2D eigenvalue weighted by atomic mass is 9.96. The Hall–Kier alpha value is -3.60. The van der Waals surface area contributed by atoms with Gasteiger partial charge in [0.2, 0.25) is 0 Å². The maximum absolute atomic E-state index is 14.0. The van der Waals surface area contributed by atoms with E-state index in [1.165, 1.54) is 43.1 Å². The Bertz CT molecular complexity index is 1410. The lowest BCUT2D eigenvalue weighted by Gasteiger charge is -2.22. The highest BCUT2D eigenvalue weighted by Gasteiger charge is 2.36. The Balaban J connectivity index is 1.52. The average Bonchev–Trinajstić information content (AvgIpc) is 3.68. The van der Waals surface area contributed by atoms with Crippen LogP contribution in [0.4, 0.5) is 17.6 Å². The quantitative estimate of drug-likeness (QED) is 0.318. The van der Waals surface area contributed by atoms with Gasteiger partial charge in [-0.1, -0.05) is 23.9 Å². The van der Waals surface area contributed by atoms with E-state index in [-0.39, 0.29) is 34.9 Å². The molecule has 2 heterocycles. The Morgan fingerprint density at radius 2 is 2.03 bits per heavy atom. The van der Waals surface area contributed by atoms with Crippen LogP contribution in [0, 0.1) is 17.1 Å². The molecule has 0 spiro atoms. The predicted molar refractivity (Wildman–Crippen MR) is 141 cm³/mol. The van der Waals surface area contributed by atoms with Crippen molar-refractivity contribution < 1.29 is 27.1 Å². The van der Waals surface area contributed by atoms with Crippen LogP contribution in [-0.2, 0) is 12.7 Å². The molecule has 2 aliphatic rings. The fourth-order valence-corrected chi connectivity index (χ4v) is 5.59. The maximum atomic E-state index is 14.0. The average molecular weight is 559 g/mol. The van der Waals surface area contributed by atoms with Crippen molar-refractivity contribution in [3.05, 3.63) is 82.9 Å². The first-order valence-electron chi connectivity index (χ1n) is 12.4. The number of nitrogens with zero attached hydrogens (tertiary/aromatic N) is 2. The monoisotopic (exact) mass is 558 g/mol. The van der Waals surface area contributed by atoms with E-state index in [0.29, 0.717) is 22.8 Å². The number of amides is 1. The molecule has 39 heavy (non-hydrogen) atoms. The maximum Gasteiger partial charge on any atom is 0.433 e. The molecule has 11 heteroatoms. The number of benzene rings is 2. The summed E-state index contributed by atoms with van der Waals surface area (Å²) in [5, 5.41) is 11.5. The number of halogens is 4. The number of nitrogens with one attached hydrogen (secondary N) is 2. The zero-order valence-electron chi connectivity index (χ0n) is 21.0. The molecule has 1 aliphatic heterocycles. The number of methoxy groups -OCH3 is 1. The van der Waals surface area contributed by atoms with E-state index in [2.05, 4.69) is 10.3 Å². The van der Waals surface area contributed by atoms with Crippen molar-refractivity contribution in [2.75, 3.05) is 19.4 Å². The van der Waals surface area contributed by atoms with Crippen LogP contribution in [0.15, 0.2) is 54.7 Å². The number of alkyl halides is 3. The molecule has 1 unspecified atom stereocenters. The van der Waals surface area contributed by atoms with Crippen molar-refractivity contribution in [3.63, 3.8) is 0 Å². The van der Waals surface area contributed by atoms with Gasteiger partial charge in [-0.15, -0.1) is 0 Å². The minimum absolute atomic E-state index is 0.0684. The van der Waals surface area contributed by atoms with Crippen molar-refractivity contribution in [3.8, 4) is 16.9 Å². The summed E-state index contributed by atoms with van der Waals surface area (Å²) in [6, 6.07) is 11.5. The first-order chi connectivity index (χ1) is 18.6. The van der Waals surface area contributed by atoms with Crippen molar-refractivity contribution in [2.45, 2.75) is 31.6 Å². The molecule has 1 atom stereocenters. The van der Waals surface area contributed by atoms with Gasteiger partial charge in [0.05, 0.1) is 13.2 Å². The van der Waals surface area contributed by atoms with Gasteiger partial charge in [0.25, 0.3) is 5.91 Å². The lowest BCUT2D eigenvalue weighted by Crippen LogP contribution is -2.30. The summed E-state index contributed by atoms with van der Waals surface area (Å²) in [5.74, 6) is 0.00299. The molecule has 1 aromatic heterocycles. The third-order valence-corrected chi connectivity index (χ3v) is 7.74. The molecule has 2 N–H and O–H groups in total. The van der Waals surface area contributed by atoms with E-state index >= 15 is 0 Å². The van der Waals surface area contributed by atoms with Gasteiger partial charge in [-0.05, 0) is 71.8 Å². The molecule has 1 aliphatic carbocycles. The molecule has 1 saturated heterocycles. The third kappa shape index (κ3) is 6.03. The number of ether oxygens (including phenoxy) is 1. The van der Waals surface area contributed by atoms with Crippen molar-refractivity contribution in [2.24, 2.45) is 5.92 Å². The number of rotatable bonds is 8. The lowest BCUT2D eigenvalue weighted by molar-refractivity contribution is -0.140. The Kier molecular flexibility index (Phi) is 7.53. The predicted octanol–water partition coefficient (Wildman–Crippen LogP) is 6.28. The van der Waals surface area contributed by atoms with Gasteiger partial charge in [0.1, 0.15) is 0 Å². The molecular weight excluding hydrogens is 532 g/mol. The highest BCUT2D eigenvalue weighted by Crippen LogP contribution is 2.42. The molecule has 2 fully saturated rings. The highest BCUT2D eigenvalue weighted by molar-refractivity contribution is 8.14. The fourth-order valence-electron chi connectivity index (χ4n) is 4.75. The highest BCUT2D eigenvalue weighted by atomic mass is 32.2. The van der Waals surface area contributed by atoms with Crippen LogP contribution in [0.2, 0.25) is 0 Å². The number of amidine groups is 1. The second kappa shape index (κ2) is 10.9. The molecule has 1 amide bonds. The van der Waals surface area contributed by atoms with Gasteiger partial charge < -0.3 is 15.0 Å². The molecular formula is C28H26F4N4O2S. The zero-order chi connectivity index (χ0) is 27.7. The summed E-state index contributed by atoms with van der Waals surface area (Å²) in [6.45, 7) is 0.912. The molecule has 6 nitrogen and oxygen atoms in total. The summed E-state index contributed by atoms with van der Waals surface area (Å²) < 4.78 is 60.5. The molecule has 0 radical (unpaired) electrons. The van der Waals surface area contributed by atoms with Crippen molar-refractivity contribution >= 4 is 22.8 Å². The van der Waals surface area contributed by atoms with E-state index in [0.717, 1.165) is 24.8 Å². The molecule has 1 saturated carbocycles. The van der Waals surface area contributed by atoms with Gasteiger partial charge in [0, 0.05) is 36.2 Å². The van der Waals surface area contributed by atoms with Gasteiger partial charge >= 0.3 is 6.18 Å². The second-order valence-electron chi connectivity index (χ2n) is 9.57. The van der Waals surface area contributed by atoms with Crippen molar-refractivity contribution in [1.82, 2.24) is 15.2 Å². The van der Waals surface area contributed by atoms with Crippen LogP contribution in [-0.4, -0.2) is 40.4 Å². The number of carbonyl (C=O) groups is 1. The Morgan fingerprint density at radius 3 is 2.69 bits per heavy atom. The normalized spacial score (nSPS) is 16.3. The number of hydrogen-bond donors (Lipinski definition) is 2. The van der Waals surface area contributed by atoms with E-state index in [9.17, 15) is 22.4 Å². The van der Waals surface area contributed by atoms with E-state index in [1.54, 1.807) is 24.3 Å². The topological polar surface area (TPSA) is 78.3 Å². The van der Waals surface area contributed by atoms with Gasteiger partial charge in [-0.3, -0.25) is 15.2 Å². The Labute approximate surface area is 227 Å². The van der Waals surface area contributed by atoms with Crippen LogP contribution in [0.1, 0.15) is 46.1 Å². The number of hydrogen-bond acceptors (Lipinski definition) is 5. The minimum Gasteiger partial charge on any atom is -0.494 e. The first kappa shape index (κ1) is 27.0. The Morgan fingerprint density at radius 1 is 1.23 bits per heavy atom. The first-order valence-corrected chi connectivity index (χ1v) is 13.4.